The van der Waals surface area contributed by atoms with Gasteiger partial charge in [0.15, 0.2) is 9.84 Å². The first-order chi connectivity index (χ1) is 8.36. The highest BCUT2D eigenvalue weighted by molar-refractivity contribution is 7.91. The van der Waals surface area contributed by atoms with E-state index in [0.717, 1.165) is 0 Å². The van der Waals surface area contributed by atoms with Crippen molar-refractivity contribution < 1.29 is 13.2 Å². The van der Waals surface area contributed by atoms with E-state index in [2.05, 4.69) is 5.32 Å². The highest BCUT2D eigenvalue weighted by Gasteiger charge is 2.19. The maximum Gasteiger partial charge on any atom is 0.221 e. The molecule has 0 aliphatic carbocycles. The van der Waals surface area contributed by atoms with Gasteiger partial charge in [0.2, 0.25) is 5.91 Å². The van der Waals surface area contributed by atoms with E-state index >= 15 is 0 Å². The molecule has 0 saturated heterocycles. The van der Waals surface area contributed by atoms with Crippen molar-refractivity contribution in [1.82, 2.24) is 5.32 Å². The Morgan fingerprint density at radius 3 is 2.72 bits per heavy atom. The first kappa shape index (κ1) is 14.8. The van der Waals surface area contributed by atoms with Gasteiger partial charge in [-0.25, -0.2) is 8.42 Å². The normalized spacial score (nSPS) is 11.2. The molecule has 7 heteroatoms. The quantitative estimate of drug-likeness (QED) is 0.798. The number of nitrogens with two attached hydrogens (primary N) is 1. The van der Waals surface area contributed by atoms with E-state index in [1.165, 1.54) is 18.2 Å². The molecule has 0 atom stereocenters. The summed E-state index contributed by atoms with van der Waals surface area (Å²) in [5, 5.41) is 2.83. The van der Waals surface area contributed by atoms with E-state index in [-0.39, 0.29) is 28.7 Å². The van der Waals surface area contributed by atoms with Crippen molar-refractivity contribution in [2.24, 2.45) is 0 Å². The molecule has 18 heavy (non-hydrogen) atoms. The van der Waals surface area contributed by atoms with Crippen LogP contribution in [0.5, 0.6) is 0 Å². The van der Waals surface area contributed by atoms with Gasteiger partial charge in [-0.05, 0) is 25.1 Å². The number of sulfone groups is 1. The van der Waals surface area contributed by atoms with Crippen LogP contribution in [0.25, 0.3) is 0 Å². The van der Waals surface area contributed by atoms with Crippen LogP contribution >= 0.6 is 11.6 Å². The summed E-state index contributed by atoms with van der Waals surface area (Å²) in [5.41, 5.74) is 5.74. The Kier molecular flexibility index (Phi) is 4.98. The summed E-state index contributed by atoms with van der Waals surface area (Å²) >= 11 is 5.74. The molecule has 0 aliphatic heterocycles. The lowest BCUT2D eigenvalue weighted by molar-refractivity contribution is -0.120. The van der Waals surface area contributed by atoms with Crippen molar-refractivity contribution in [3.8, 4) is 0 Å². The Morgan fingerprint density at radius 2 is 2.11 bits per heavy atom. The standard InChI is InChI=1S/C11H15ClN2O3S/c1-2-14-11(15)5-6-18(16,17)10-7-8(12)3-4-9(10)13/h3-4,7H,2,5-6,13H2,1H3,(H,14,15). The van der Waals surface area contributed by atoms with Gasteiger partial charge >= 0.3 is 0 Å². The molecule has 0 aromatic heterocycles. The Morgan fingerprint density at radius 1 is 1.44 bits per heavy atom. The largest absolute Gasteiger partial charge is 0.398 e. The van der Waals surface area contributed by atoms with Gasteiger partial charge in [0, 0.05) is 18.0 Å². The number of carbonyl (C=O) groups is 1. The number of rotatable bonds is 5. The molecule has 0 saturated carbocycles. The van der Waals surface area contributed by atoms with Gasteiger partial charge in [-0.3, -0.25) is 4.79 Å². The molecule has 0 bridgehead atoms. The molecule has 1 rings (SSSR count). The van der Waals surface area contributed by atoms with Crippen LogP contribution in [0.15, 0.2) is 23.1 Å². The molecule has 0 spiro atoms. The van der Waals surface area contributed by atoms with E-state index in [9.17, 15) is 13.2 Å². The highest BCUT2D eigenvalue weighted by Crippen LogP contribution is 2.24. The topological polar surface area (TPSA) is 89.3 Å². The lowest BCUT2D eigenvalue weighted by Crippen LogP contribution is -2.25. The van der Waals surface area contributed by atoms with E-state index < -0.39 is 9.84 Å². The summed E-state index contributed by atoms with van der Waals surface area (Å²) in [6.45, 7) is 2.24. The zero-order chi connectivity index (χ0) is 13.8. The molecular weight excluding hydrogens is 276 g/mol. The van der Waals surface area contributed by atoms with Crippen LogP contribution in [0, 0.1) is 0 Å². The van der Waals surface area contributed by atoms with Gasteiger partial charge in [0.25, 0.3) is 0 Å². The molecule has 3 N–H and O–H groups in total. The number of hydrogen-bond donors (Lipinski definition) is 2. The minimum atomic E-state index is -3.60. The lowest BCUT2D eigenvalue weighted by atomic mass is 10.3. The van der Waals surface area contributed by atoms with Crippen molar-refractivity contribution in [1.29, 1.82) is 0 Å². The summed E-state index contributed by atoms with van der Waals surface area (Å²) in [6, 6.07) is 4.24. The number of hydrogen-bond acceptors (Lipinski definition) is 4. The summed E-state index contributed by atoms with van der Waals surface area (Å²) in [5.74, 6) is -0.592. The number of benzene rings is 1. The Hall–Kier alpha value is -1.27. The average molecular weight is 291 g/mol. The van der Waals surface area contributed by atoms with Gasteiger partial charge in [0.1, 0.15) is 0 Å². The molecule has 1 aromatic carbocycles. The van der Waals surface area contributed by atoms with Crippen LogP contribution in [0.1, 0.15) is 13.3 Å². The molecule has 5 nitrogen and oxygen atoms in total. The smallest absolute Gasteiger partial charge is 0.221 e. The first-order valence-corrected chi connectivity index (χ1v) is 7.44. The molecule has 1 aromatic rings. The summed E-state index contributed by atoms with van der Waals surface area (Å²) in [6.07, 6.45) is -0.0951. The number of nitrogen functional groups attached to an aromatic ring is 1. The minimum absolute atomic E-state index is 0.0284. The van der Waals surface area contributed by atoms with E-state index in [4.69, 9.17) is 17.3 Å². The van der Waals surface area contributed by atoms with E-state index in [0.29, 0.717) is 11.6 Å². The van der Waals surface area contributed by atoms with Crippen LogP contribution < -0.4 is 11.1 Å². The van der Waals surface area contributed by atoms with Crippen LogP contribution in [0.2, 0.25) is 5.02 Å². The molecule has 0 radical (unpaired) electrons. The van der Waals surface area contributed by atoms with Crippen LogP contribution in [0.4, 0.5) is 5.69 Å². The fourth-order valence-electron chi connectivity index (χ4n) is 1.40. The number of halogens is 1. The van der Waals surface area contributed by atoms with Crippen LogP contribution in [-0.2, 0) is 14.6 Å². The van der Waals surface area contributed by atoms with Crippen molar-refractivity contribution in [2.75, 3.05) is 18.0 Å². The Bertz CT molecular complexity index is 543. The monoisotopic (exact) mass is 290 g/mol. The summed E-state index contributed by atoms with van der Waals surface area (Å²) < 4.78 is 24.0. The number of carbonyl (C=O) groups excluding carboxylic acids is 1. The van der Waals surface area contributed by atoms with E-state index in [1.807, 2.05) is 0 Å². The average Bonchev–Trinajstić information content (AvgIpc) is 2.30. The van der Waals surface area contributed by atoms with Gasteiger partial charge in [-0.1, -0.05) is 11.6 Å². The third kappa shape index (κ3) is 3.89. The zero-order valence-electron chi connectivity index (χ0n) is 9.94. The maximum atomic E-state index is 12.0. The predicted octanol–water partition coefficient (Wildman–Crippen LogP) is 1.22. The Balaban J connectivity index is 2.87. The number of nitrogens with one attached hydrogen (secondary N) is 1. The SMILES string of the molecule is CCNC(=O)CCS(=O)(=O)c1cc(Cl)ccc1N. The van der Waals surface area contributed by atoms with Crippen molar-refractivity contribution in [3.63, 3.8) is 0 Å². The second-order valence-electron chi connectivity index (χ2n) is 3.70. The third-order valence-electron chi connectivity index (χ3n) is 2.28. The fraction of sp³-hybridized carbons (Fsp3) is 0.364. The summed E-state index contributed by atoms with van der Waals surface area (Å²) in [7, 11) is -3.60. The van der Waals surface area contributed by atoms with Gasteiger partial charge < -0.3 is 11.1 Å². The summed E-state index contributed by atoms with van der Waals surface area (Å²) in [4.78, 5) is 11.2. The number of amides is 1. The second-order valence-corrected chi connectivity index (χ2v) is 6.22. The molecule has 0 aliphatic rings. The van der Waals surface area contributed by atoms with Crippen LogP contribution in [-0.4, -0.2) is 26.6 Å². The Labute approximate surface area is 111 Å². The molecule has 100 valence electrons. The molecule has 0 unspecified atom stereocenters. The minimum Gasteiger partial charge on any atom is -0.398 e. The van der Waals surface area contributed by atoms with E-state index in [1.54, 1.807) is 6.92 Å². The predicted molar refractivity (Wildman–Crippen MR) is 71.2 cm³/mol. The third-order valence-corrected chi connectivity index (χ3v) is 4.28. The maximum absolute atomic E-state index is 12.0. The van der Waals surface area contributed by atoms with Crippen LogP contribution in [0.3, 0.4) is 0 Å². The van der Waals surface area contributed by atoms with Gasteiger partial charge in [0.05, 0.1) is 16.3 Å². The molecular formula is C11H15ClN2O3S. The molecule has 0 heterocycles. The van der Waals surface area contributed by atoms with Crippen molar-refractivity contribution in [2.45, 2.75) is 18.2 Å². The van der Waals surface area contributed by atoms with Crippen molar-refractivity contribution >= 4 is 33.0 Å². The second kappa shape index (κ2) is 6.06. The number of anilines is 1. The zero-order valence-corrected chi connectivity index (χ0v) is 11.5. The molecule has 1 amide bonds. The molecule has 0 fully saturated rings. The van der Waals surface area contributed by atoms with Gasteiger partial charge in [-0.2, -0.15) is 0 Å². The van der Waals surface area contributed by atoms with Gasteiger partial charge in [-0.15, -0.1) is 0 Å². The highest BCUT2D eigenvalue weighted by atomic mass is 35.5. The first-order valence-electron chi connectivity index (χ1n) is 5.41. The van der Waals surface area contributed by atoms with Crippen molar-refractivity contribution in [3.05, 3.63) is 23.2 Å². The lowest BCUT2D eigenvalue weighted by Gasteiger charge is -2.08. The fourth-order valence-corrected chi connectivity index (χ4v) is 3.04.